The van der Waals surface area contributed by atoms with E-state index >= 15 is 0 Å². The van der Waals surface area contributed by atoms with E-state index in [2.05, 4.69) is 33.6 Å². The van der Waals surface area contributed by atoms with Gasteiger partial charge in [0.25, 0.3) is 0 Å². The molecule has 3 rings (SSSR count). The van der Waals surface area contributed by atoms with Gasteiger partial charge in [-0.15, -0.1) is 0 Å². The molecular weight excluding hydrogens is 323 g/mol. The average Bonchev–Trinajstić information content (AvgIpc) is 2.99. The maximum atomic E-state index is 13.0. The van der Waals surface area contributed by atoms with E-state index in [1.165, 1.54) is 12.1 Å². The molecule has 2 aromatic rings. The van der Waals surface area contributed by atoms with Gasteiger partial charge in [-0.2, -0.15) is 0 Å². The van der Waals surface area contributed by atoms with Gasteiger partial charge >= 0.3 is 0 Å². The first-order valence-corrected chi connectivity index (χ1v) is 8.43. The molecule has 1 aromatic heterocycles. The molecule has 0 fully saturated rings. The molecule has 0 unspecified atom stereocenters. The number of nitrogens with one attached hydrogen (secondary N) is 1. The summed E-state index contributed by atoms with van der Waals surface area (Å²) >= 11 is 0. The summed E-state index contributed by atoms with van der Waals surface area (Å²) in [5.41, 5.74) is 1.68. The van der Waals surface area contributed by atoms with Crippen molar-refractivity contribution >= 4 is 11.6 Å². The van der Waals surface area contributed by atoms with Crippen LogP contribution in [-0.4, -0.2) is 39.6 Å². The Morgan fingerprint density at radius 3 is 2.88 bits per heavy atom. The lowest BCUT2D eigenvalue weighted by atomic mass is 10.2. The minimum atomic E-state index is -0.323. The molecule has 0 bridgehead atoms. The summed E-state index contributed by atoms with van der Waals surface area (Å²) in [5.74, 6) is 0.485. The highest BCUT2D eigenvalue weighted by Crippen LogP contribution is 2.15. The van der Waals surface area contributed by atoms with Crippen LogP contribution in [-0.2, 0) is 29.2 Å². The lowest BCUT2D eigenvalue weighted by Crippen LogP contribution is -2.38. The molecule has 2 heterocycles. The van der Waals surface area contributed by atoms with E-state index in [-0.39, 0.29) is 24.3 Å². The van der Waals surface area contributed by atoms with E-state index in [0.29, 0.717) is 25.4 Å². The number of fused-ring (bicyclic) bond motifs is 1. The Bertz CT molecular complexity index is 727. The quantitative estimate of drug-likeness (QED) is 0.873. The van der Waals surface area contributed by atoms with Crippen molar-refractivity contribution in [2.24, 2.45) is 0 Å². The number of amides is 1. The van der Waals surface area contributed by atoms with Crippen LogP contribution in [0.2, 0.25) is 0 Å². The van der Waals surface area contributed by atoms with E-state index in [9.17, 15) is 9.18 Å². The highest BCUT2D eigenvalue weighted by molar-refractivity contribution is 5.92. The third kappa shape index (κ3) is 4.43. The molecular formula is C18H23FN4O2. The van der Waals surface area contributed by atoms with Crippen LogP contribution in [0.3, 0.4) is 0 Å². The summed E-state index contributed by atoms with van der Waals surface area (Å²) in [6.45, 7) is 7.02. The molecule has 1 amide bonds. The van der Waals surface area contributed by atoms with Crippen molar-refractivity contribution in [1.29, 1.82) is 0 Å². The first-order chi connectivity index (χ1) is 12.0. The summed E-state index contributed by atoms with van der Waals surface area (Å²) in [6.07, 6.45) is 1.86. The molecule has 1 aliphatic heterocycles. The largest absolute Gasteiger partial charge is 0.372 e. The van der Waals surface area contributed by atoms with Gasteiger partial charge in [-0.1, -0.05) is 0 Å². The van der Waals surface area contributed by atoms with Gasteiger partial charge in [0.15, 0.2) is 0 Å². The molecule has 7 heteroatoms. The predicted octanol–water partition coefficient (Wildman–Crippen LogP) is 2.40. The van der Waals surface area contributed by atoms with Crippen LogP contribution in [0.15, 0.2) is 30.5 Å². The lowest BCUT2D eigenvalue weighted by Gasteiger charge is -2.27. The Balaban J connectivity index is 1.64. The van der Waals surface area contributed by atoms with Gasteiger partial charge < -0.3 is 14.6 Å². The predicted molar refractivity (Wildman–Crippen MR) is 92.5 cm³/mol. The SMILES string of the molecule is CC(C)N(CC(=O)Nc1ccc(F)cc1)Cc1cnc2n1CCOC2. The van der Waals surface area contributed by atoms with E-state index in [1.807, 2.05) is 6.20 Å². The van der Waals surface area contributed by atoms with Crippen molar-refractivity contribution < 1.29 is 13.9 Å². The van der Waals surface area contributed by atoms with E-state index < -0.39 is 0 Å². The van der Waals surface area contributed by atoms with Gasteiger partial charge in [0.2, 0.25) is 5.91 Å². The second-order valence-corrected chi connectivity index (χ2v) is 6.42. The van der Waals surface area contributed by atoms with E-state index in [1.54, 1.807) is 12.1 Å². The molecule has 1 N–H and O–H groups in total. The van der Waals surface area contributed by atoms with Crippen LogP contribution in [0.4, 0.5) is 10.1 Å². The van der Waals surface area contributed by atoms with Crippen molar-refractivity contribution in [2.45, 2.75) is 39.6 Å². The Kier molecular flexibility index (Phi) is 5.45. The van der Waals surface area contributed by atoms with Gasteiger partial charge in [0.05, 0.1) is 18.8 Å². The van der Waals surface area contributed by atoms with Gasteiger partial charge in [0, 0.05) is 31.0 Å². The Morgan fingerprint density at radius 2 is 2.16 bits per heavy atom. The summed E-state index contributed by atoms with van der Waals surface area (Å²) < 4.78 is 20.5. The third-order valence-corrected chi connectivity index (χ3v) is 4.28. The number of ether oxygens (including phenoxy) is 1. The summed E-state index contributed by atoms with van der Waals surface area (Å²) in [5, 5.41) is 2.81. The summed E-state index contributed by atoms with van der Waals surface area (Å²) in [6, 6.07) is 5.97. The highest BCUT2D eigenvalue weighted by Gasteiger charge is 2.20. The van der Waals surface area contributed by atoms with Gasteiger partial charge in [-0.05, 0) is 38.1 Å². The number of benzene rings is 1. The second-order valence-electron chi connectivity index (χ2n) is 6.42. The normalized spacial score (nSPS) is 14.0. The first kappa shape index (κ1) is 17.6. The highest BCUT2D eigenvalue weighted by atomic mass is 19.1. The first-order valence-electron chi connectivity index (χ1n) is 8.43. The number of halogens is 1. The number of imidazole rings is 1. The molecule has 1 aliphatic rings. The second kappa shape index (κ2) is 7.76. The van der Waals surface area contributed by atoms with Crippen LogP contribution in [0, 0.1) is 5.82 Å². The minimum Gasteiger partial charge on any atom is -0.372 e. The minimum absolute atomic E-state index is 0.123. The molecule has 25 heavy (non-hydrogen) atoms. The molecule has 1 aromatic carbocycles. The van der Waals surface area contributed by atoms with Crippen LogP contribution < -0.4 is 5.32 Å². The zero-order chi connectivity index (χ0) is 17.8. The molecule has 0 radical (unpaired) electrons. The zero-order valence-electron chi connectivity index (χ0n) is 14.5. The third-order valence-electron chi connectivity index (χ3n) is 4.28. The van der Waals surface area contributed by atoms with E-state index in [4.69, 9.17) is 4.74 Å². The number of carbonyl (C=O) groups excluding carboxylic acids is 1. The average molecular weight is 346 g/mol. The molecule has 0 saturated heterocycles. The van der Waals surface area contributed by atoms with Crippen molar-refractivity contribution in [3.05, 3.63) is 47.8 Å². The van der Waals surface area contributed by atoms with Crippen LogP contribution in [0.1, 0.15) is 25.4 Å². The Labute approximate surface area is 146 Å². The molecule has 0 aliphatic carbocycles. The van der Waals surface area contributed by atoms with Crippen molar-refractivity contribution in [3.8, 4) is 0 Å². The number of nitrogens with zero attached hydrogens (tertiary/aromatic N) is 3. The fourth-order valence-corrected chi connectivity index (χ4v) is 2.83. The Morgan fingerprint density at radius 1 is 1.40 bits per heavy atom. The number of rotatable bonds is 6. The summed E-state index contributed by atoms with van der Waals surface area (Å²) in [7, 11) is 0. The maximum absolute atomic E-state index is 13.0. The molecule has 0 spiro atoms. The number of aromatic nitrogens is 2. The molecule has 0 saturated carbocycles. The monoisotopic (exact) mass is 346 g/mol. The fraction of sp³-hybridized carbons (Fsp3) is 0.444. The number of carbonyl (C=O) groups is 1. The number of hydrogen-bond donors (Lipinski definition) is 1. The maximum Gasteiger partial charge on any atom is 0.238 e. The van der Waals surface area contributed by atoms with Crippen molar-refractivity contribution in [2.75, 3.05) is 18.5 Å². The van der Waals surface area contributed by atoms with Gasteiger partial charge in [-0.3, -0.25) is 9.69 Å². The summed E-state index contributed by atoms with van der Waals surface area (Å²) in [4.78, 5) is 18.8. The van der Waals surface area contributed by atoms with Crippen molar-refractivity contribution in [1.82, 2.24) is 14.5 Å². The lowest BCUT2D eigenvalue weighted by molar-refractivity contribution is -0.117. The van der Waals surface area contributed by atoms with Gasteiger partial charge in [0.1, 0.15) is 18.2 Å². The number of anilines is 1. The topological polar surface area (TPSA) is 59.4 Å². The van der Waals surface area contributed by atoms with Crippen LogP contribution in [0.25, 0.3) is 0 Å². The molecule has 0 atom stereocenters. The van der Waals surface area contributed by atoms with E-state index in [0.717, 1.165) is 18.1 Å². The van der Waals surface area contributed by atoms with Crippen molar-refractivity contribution in [3.63, 3.8) is 0 Å². The fourth-order valence-electron chi connectivity index (χ4n) is 2.83. The Hall–Kier alpha value is -2.25. The smallest absolute Gasteiger partial charge is 0.238 e. The van der Waals surface area contributed by atoms with Crippen LogP contribution >= 0.6 is 0 Å². The van der Waals surface area contributed by atoms with Gasteiger partial charge in [-0.25, -0.2) is 9.37 Å². The zero-order valence-corrected chi connectivity index (χ0v) is 14.5. The standard InChI is InChI=1S/C18H23FN4O2/c1-13(2)22(10-16-9-20-17-12-25-8-7-23(16)17)11-18(24)21-15-5-3-14(19)4-6-15/h3-6,9,13H,7-8,10-12H2,1-2H3,(H,21,24). The van der Waals surface area contributed by atoms with Crippen LogP contribution in [0.5, 0.6) is 0 Å². The molecule has 6 nitrogen and oxygen atoms in total. The molecule has 134 valence electrons. The number of hydrogen-bond acceptors (Lipinski definition) is 4.